The SMILES string of the molecule is CCCCNC(=S)NS(=O)(=O)c1c(C)c(C)c2c(c1C)CC(C)(C)O2. The molecule has 0 spiro atoms. The molecule has 0 radical (unpaired) electrons. The molecule has 2 N–H and O–H groups in total. The van der Waals surface area contributed by atoms with E-state index >= 15 is 0 Å². The number of benzene rings is 1. The molecule has 2 rings (SSSR count). The minimum Gasteiger partial charge on any atom is -0.487 e. The first-order valence-electron chi connectivity index (χ1n) is 8.62. The first kappa shape index (κ1) is 20.0. The highest BCUT2D eigenvalue weighted by Gasteiger charge is 2.36. The van der Waals surface area contributed by atoms with Gasteiger partial charge in [0.15, 0.2) is 5.11 Å². The predicted octanol–water partition coefficient (Wildman–Crippen LogP) is 3.28. The predicted molar refractivity (Wildman–Crippen MR) is 105 cm³/mol. The molecule has 25 heavy (non-hydrogen) atoms. The fourth-order valence-electron chi connectivity index (χ4n) is 3.24. The van der Waals surface area contributed by atoms with Gasteiger partial charge in [-0.1, -0.05) is 13.3 Å². The number of ether oxygens (including phenoxy) is 1. The van der Waals surface area contributed by atoms with Gasteiger partial charge in [-0.3, -0.25) is 4.72 Å². The van der Waals surface area contributed by atoms with Gasteiger partial charge in [0, 0.05) is 18.5 Å². The molecule has 0 bridgehead atoms. The fraction of sp³-hybridized carbons (Fsp3) is 0.611. The molecule has 7 heteroatoms. The van der Waals surface area contributed by atoms with Crippen molar-refractivity contribution in [2.24, 2.45) is 0 Å². The number of nitrogens with one attached hydrogen (secondary N) is 2. The highest BCUT2D eigenvalue weighted by Crippen LogP contribution is 2.43. The minimum atomic E-state index is -3.75. The van der Waals surface area contributed by atoms with Crippen molar-refractivity contribution in [3.05, 3.63) is 22.3 Å². The van der Waals surface area contributed by atoms with Crippen LogP contribution < -0.4 is 14.8 Å². The molecule has 0 amide bonds. The van der Waals surface area contributed by atoms with Crippen LogP contribution in [0.3, 0.4) is 0 Å². The van der Waals surface area contributed by atoms with Gasteiger partial charge in [0.1, 0.15) is 11.4 Å². The number of hydrogen-bond donors (Lipinski definition) is 2. The summed E-state index contributed by atoms with van der Waals surface area (Å²) in [6.45, 7) is 12.3. The van der Waals surface area contributed by atoms with E-state index in [1.807, 2.05) is 34.6 Å². The Bertz CT molecular complexity index is 799. The highest BCUT2D eigenvalue weighted by atomic mass is 32.2. The van der Waals surface area contributed by atoms with Crippen molar-refractivity contribution in [2.75, 3.05) is 6.54 Å². The summed E-state index contributed by atoms with van der Waals surface area (Å²) in [6, 6.07) is 0. The lowest BCUT2D eigenvalue weighted by molar-refractivity contribution is 0.137. The molecule has 1 aliphatic rings. The smallest absolute Gasteiger partial charge is 0.264 e. The zero-order valence-corrected chi connectivity index (χ0v) is 17.5. The Kier molecular flexibility index (Phi) is 5.68. The lowest BCUT2D eigenvalue weighted by Crippen LogP contribution is -2.40. The van der Waals surface area contributed by atoms with Crippen molar-refractivity contribution >= 4 is 27.4 Å². The standard InChI is InChI=1S/C18H28N2O3S2/c1-7-8-9-19-17(24)20-25(21,22)16-12(3)11(2)15-14(13(16)4)10-18(5,6)23-15/h7-10H2,1-6H3,(H2,19,20,24). The molecule has 0 aliphatic carbocycles. The van der Waals surface area contributed by atoms with Crippen molar-refractivity contribution in [1.29, 1.82) is 0 Å². The Morgan fingerprint density at radius 3 is 2.44 bits per heavy atom. The maximum Gasteiger partial charge on any atom is 0.264 e. The van der Waals surface area contributed by atoms with Crippen LogP contribution in [0.5, 0.6) is 5.75 Å². The van der Waals surface area contributed by atoms with Crippen LogP contribution in [0, 0.1) is 20.8 Å². The zero-order valence-electron chi connectivity index (χ0n) is 15.9. The molecular formula is C18H28N2O3S2. The number of sulfonamides is 1. The van der Waals surface area contributed by atoms with Crippen LogP contribution in [0.15, 0.2) is 4.90 Å². The largest absolute Gasteiger partial charge is 0.487 e. The van der Waals surface area contributed by atoms with Gasteiger partial charge in [-0.2, -0.15) is 0 Å². The summed E-state index contributed by atoms with van der Waals surface area (Å²) >= 11 is 5.14. The average molecular weight is 385 g/mol. The summed E-state index contributed by atoms with van der Waals surface area (Å²) < 4.78 is 34.5. The Labute approximate surface area is 156 Å². The first-order valence-corrected chi connectivity index (χ1v) is 10.5. The average Bonchev–Trinajstić information content (AvgIpc) is 2.81. The number of fused-ring (bicyclic) bond motifs is 1. The van der Waals surface area contributed by atoms with Crippen molar-refractivity contribution in [3.63, 3.8) is 0 Å². The molecule has 1 heterocycles. The summed E-state index contributed by atoms with van der Waals surface area (Å²) in [7, 11) is -3.75. The number of thiocarbonyl (C=S) groups is 1. The van der Waals surface area contributed by atoms with Crippen molar-refractivity contribution < 1.29 is 13.2 Å². The maximum absolute atomic E-state index is 13.0. The Morgan fingerprint density at radius 1 is 1.20 bits per heavy atom. The van der Waals surface area contributed by atoms with Gasteiger partial charge in [-0.05, 0) is 69.9 Å². The summed E-state index contributed by atoms with van der Waals surface area (Å²) in [4.78, 5) is 0.310. The summed E-state index contributed by atoms with van der Waals surface area (Å²) in [5, 5.41) is 3.09. The van der Waals surface area contributed by atoms with Gasteiger partial charge < -0.3 is 10.1 Å². The number of hydrogen-bond acceptors (Lipinski definition) is 4. The molecule has 0 aromatic heterocycles. The van der Waals surface area contributed by atoms with Crippen molar-refractivity contribution in [1.82, 2.24) is 10.0 Å². The summed E-state index contributed by atoms with van der Waals surface area (Å²) in [5.74, 6) is 0.822. The zero-order chi connectivity index (χ0) is 19.0. The molecule has 0 fully saturated rings. The number of unbranched alkanes of at least 4 members (excludes halogenated alkanes) is 1. The lowest BCUT2D eigenvalue weighted by Gasteiger charge is -2.19. The van der Waals surface area contributed by atoms with Gasteiger partial charge >= 0.3 is 0 Å². The highest BCUT2D eigenvalue weighted by molar-refractivity contribution is 7.92. The Morgan fingerprint density at radius 2 is 1.84 bits per heavy atom. The molecule has 0 atom stereocenters. The molecule has 0 unspecified atom stereocenters. The van der Waals surface area contributed by atoms with Crippen LogP contribution in [0.1, 0.15) is 55.9 Å². The van der Waals surface area contributed by atoms with Crippen LogP contribution in [-0.2, 0) is 16.4 Å². The van der Waals surface area contributed by atoms with Gasteiger partial charge in [0.2, 0.25) is 0 Å². The molecule has 140 valence electrons. The molecule has 1 aromatic carbocycles. The van der Waals surface area contributed by atoms with E-state index in [4.69, 9.17) is 17.0 Å². The van der Waals surface area contributed by atoms with E-state index in [-0.39, 0.29) is 10.7 Å². The topological polar surface area (TPSA) is 67.4 Å². The quantitative estimate of drug-likeness (QED) is 0.602. The van der Waals surface area contributed by atoms with Gasteiger partial charge in [0.25, 0.3) is 10.0 Å². The lowest BCUT2D eigenvalue weighted by atomic mass is 9.94. The second-order valence-electron chi connectivity index (χ2n) is 7.27. The van der Waals surface area contributed by atoms with E-state index in [1.54, 1.807) is 0 Å². The second-order valence-corrected chi connectivity index (χ2v) is 9.29. The summed E-state index contributed by atoms with van der Waals surface area (Å²) in [6.07, 6.45) is 2.64. The molecular weight excluding hydrogens is 356 g/mol. The fourth-order valence-corrected chi connectivity index (χ4v) is 5.17. The van der Waals surface area contributed by atoms with Crippen LogP contribution in [0.2, 0.25) is 0 Å². The molecule has 0 saturated carbocycles. The normalized spacial score (nSPS) is 15.4. The van der Waals surface area contributed by atoms with E-state index < -0.39 is 10.0 Å². The third kappa shape index (κ3) is 4.08. The Balaban J connectivity index is 2.40. The molecule has 1 aliphatic heterocycles. The van der Waals surface area contributed by atoms with Gasteiger partial charge in [-0.25, -0.2) is 8.42 Å². The van der Waals surface area contributed by atoms with Crippen LogP contribution in [0.25, 0.3) is 0 Å². The third-order valence-corrected chi connectivity index (χ3v) is 6.60. The van der Waals surface area contributed by atoms with E-state index in [0.717, 1.165) is 35.3 Å². The van der Waals surface area contributed by atoms with E-state index in [0.29, 0.717) is 23.4 Å². The van der Waals surface area contributed by atoms with Crippen molar-refractivity contribution in [3.8, 4) is 5.75 Å². The van der Waals surface area contributed by atoms with Crippen LogP contribution in [-0.4, -0.2) is 25.7 Å². The van der Waals surface area contributed by atoms with Gasteiger partial charge in [0.05, 0.1) is 4.90 Å². The Hall–Kier alpha value is -1.34. The van der Waals surface area contributed by atoms with E-state index in [9.17, 15) is 8.42 Å². The summed E-state index contributed by atoms with van der Waals surface area (Å²) in [5.41, 5.74) is 2.97. The van der Waals surface area contributed by atoms with Crippen LogP contribution >= 0.6 is 12.2 Å². The third-order valence-electron chi connectivity index (χ3n) is 4.60. The maximum atomic E-state index is 13.0. The molecule has 1 aromatic rings. The molecule has 0 saturated heterocycles. The van der Waals surface area contributed by atoms with Crippen molar-refractivity contribution in [2.45, 2.75) is 71.3 Å². The van der Waals surface area contributed by atoms with E-state index in [2.05, 4.69) is 17.0 Å². The second kappa shape index (κ2) is 7.11. The minimum absolute atomic E-state index is 0.141. The van der Waals surface area contributed by atoms with Gasteiger partial charge in [-0.15, -0.1) is 0 Å². The first-order chi connectivity index (χ1) is 11.5. The van der Waals surface area contributed by atoms with E-state index in [1.165, 1.54) is 0 Å². The number of rotatable bonds is 5. The van der Waals surface area contributed by atoms with Crippen LogP contribution in [0.4, 0.5) is 0 Å². The monoisotopic (exact) mass is 384 g/mol. The molecule has 5 nitrogen and oxygen atoms in total.